The van der Waals surface area contributed by atoms with Gasteiger partial charge in [-0.3, -0.25) is 0 Å². The van der Waals surface area contributed by atoms with Gasteiger partial charge in [-0.15, -0.1) is 0 Å². The summed E-state index contributed by atoms with van der Waals surface area (Å²) in [5.74, 6) is -2.95. The summed E-state index contributed by atoms with van der Waals surface area (Å²) >= 11 is 5.76. The van der Waals surface area contributed by atoms with E-state index < -0.39 is 29.9 Å². The molecule has 0 heterocycles. The first-order valence-corrected chi connectivity index (χ1v) is 7.35. The van der Waals surface area contributed by atoms with Gasteiger partial charge in [0.15, 0.2) is 0 Å². The standard InChI is InChI=1S/C15H17ClF4O/c16-10-5-6-13(17)9(7-10)8-14(21)11-3-1-2-4-12(11)15(18,19)20/h5-7,11-12,14,21H,1-4,8H2. The summed E-state index contributed by atoms with van der Waals surface area (Å²) in [7, 11) is 0. The molecule has 2 rings (SSSR count). The maximum atomic E-state index is 13.6. The lowest BCUT2D eigenvalue weighted by Crippen LogP contribution is -2.40. The van der Waals surface area contributed by atoms with Crippen LogP contribution in [0.3, 0.4) is 0 Å². The summed E-state index contributed by atoms with van der Waals surface area (Å²) in [5, 5.41) is 10.5. The molecule has 3 unspecified atom stereocenters. The average Bonchev–Trinajstić information content (AvgIpc) is 2.42. The lowest BCUT2D eigenvalue weighted by molar-refractivity contribution is -0.206. The van der Waals surface area contributed by atoms with E-state index in [0.717, 1.165) is 6.07 Å². The van der Waals surface area contributed by atoms with Gasteiger partial charge in [-0.25, -0.2) is 4.39 Å². The minimum atomic E-state index is -4.32. The molecule has 1 aliphatic carbocycles. The Balaban J connectivity index is 2.14. The van der Waals surface area contributed by atoms with E-state index in [0.29, 0.717) is 24.3 Å². The van der Waals surface area contributed by atoms with Crippen molar-refractivity contribution in [2.75, 3.05) is 0 Å². The fourth-order valence-electron chi connectivity index (χ4n) is 3.10. The molecule has 21 heavy (non-hydrogen) atoms. The molecule has 0 radical (unpaired) electrons. The van der Waals surface area contributed by atoms with E-state index in [1.54, 1.807) is 0 Å². The van der Waals surface area contributed by atoms with Gasteiger partial charge in [0.25, 0.3) is 0 Å². The van der Waals surface area contributed by atoms with Gasteiger partial charge >= 0.3 is 6.18 Å². The molecule has 0 amide bonds. The van der Waals surface area contributed by atoms with Crippen molar-refractivity contribution in [3.63, 3.8) is 0 Å². The van der Waals surface area contributed by atoms with Crippen LogP contribution in [0, 0.1) is 17.7 Å². The van der Waals surface area contributed by atoms with Crippen molar-refractivity contribution in [1.82, 2.24) is 0 Å². The van der Waals surface area contributed by atoms with Gasteiger partial charge in [-0.05, 0) is 42.5 Å². The summed E-state index contributed by atoms with van der Waals surface area (Å²) in [6, 6.07) is 3.88. The first-order chi connectivity index (χ1) is 9.79. The fraction of sp³-hybridized carbons (Fsp3) is 0.600. The molecule has 0 spiro atoms. The average molecular weight is 325 g/mol. The first-order valence-electron chi connectivity index (χ1n) is 6.97. The molecule has 1 N–H and O–H groups in total. The quantitative estimate of drug-likeness (QED) is 0.795. The SMILES string of the molecule is OC(Cc1cc(Cl)ccc1F)C1CCCCC1C(F)(F)F. The molecular formula is C15H17ClF4O. The lowest BCUT2D eigenvalue weighted by Gasteiger charge is -2.36. The van der Waals surface area contributed by atoms with Crippen LogP contribution in [-0.2, 0) is 6.42 Å². The number of alkyl halides is 3. The molecule has 0 aromatic heterocycles. The maximum absolute atomic E-state index is 13.6. The zero-order chi connectivity index (χ0) is 15.6. The minimum absolute atomic E-state index is 0.0310. The maximum Gasteiger partial charge on any atom is 0.392 e. The van der Waals surface area contributed by atoms with Crippen LogP contribution >= 0.6 is 11.6 Å². The van der Waals surface area contributed by atoms with Crippen molar-refractivity contribution in [3.8, 4) is 0 Å². The molecule has 0 bridgehead atoms. The van der Waals surface area contributed by atoms with Gasteiger partial charge < -0.3 is 5.11 Å². The molecular weight excluding hydrogens is 308 g/mol. The van der Waals surface area contributed by atoms with Crippen LogP contribution in [0.4, 0.5) is 17.6 Å². The van der Waals surface area contributed by atoms with Crippen LogP contribution in [0.2, 0.25) is 5.02 Å². The van der Waals surface area contributed by atoms with Gasteiger partial charge in [0.1, 0.15) is 5.82 Å². The Morgan fingerprint density at radius 2 is 1.90 bits per heavy atom. The Hall–Kier alpha value is -0.810. The zero-order valence-corrected chi connectivity index (χ0v) is 12.1. The third kappa shape index (κ3) is 4.10. The summed E-state index contributed by atoms with van der Waals surface area (Å²) < 4.78 is 52.7. The Labute approximate surface area is 125 Å². The van der Waals surface area contributed by atoms with E-state index in [1.165, 1.54) is 12.1 Å². The fourth-order valence-corrected chi connectivity index (χ4v) is 3.30. The van der Waals surface area contributed by atoms with E-state index in [2.05, 4.69) is 0 Å². The van der Waals surface area contributed by atoms with Crippen LogP contribution in [0.25, 0.3) is 0 Å². The Bertz CT molecular complexity index is 489. The highest BCUT2D eigenvalue weighted by atomic mass is 35.5. The lowest BCUT2D eigenvalue weighted by atomic mass is 9.74. The molecule has 1 nitrogen and oxygen atoms in total. The highest BCUT2D eigenvalue weighted by Gasteiger charge is 2.47. The van der Waals surface area contributed by atoms with Crippen LogP contribution in [0.5, 0.6) is 0 Å². The van der Waals surface area contributed by atoms with Crippen molar-refractivity contribution in [2.45, 2.75) is 44.4 Å². The highest BCUT2D eigenvalue weighted by molar-refractivity contribution is 6.30. The summed E-state index contributed by atoms with van der Waals surface area (Å²) in [6.07, 6.45) is -4.17. The van der Waals surface area contributed by atoms with E-state index in [-0.39, 0.29) is 18.4 Å². The topological polar surface area (TPSA) is 20.2 Å². The van der Waals surface area contributed by atoms with Gasteiger partial charge in [0.2, 0.25) is 0 Å². The highest BCUT2D eigenvalue weighted by Crippen LogP contribution is 2.43. The summed E-state index contributed by atoms with van der Waals surface area (Å²) in [4.78, 5) is 0. The molecule has 1 aliphatic rings. The van der Waals surface area contributed by atoms with E-state index in [1.807, 2.05) is 0 Å². The van der Waals surface area contributed by atoms with E-state index in [9.17, 15) is 22.7 Å². The van der Waals surface area contributed by atoms with E-state index in [4.69, 9.17) is 11.6 Å². The second-order valence-electron chi connectivity index (χ2n) is 5.60. The van der Waals surface area contributed by atoms with Crippen molar-refractivity contribution >= 4 is 11.6 Å². The van der Waals surface area contributed by atoms with Crippen LogP contribution in [-0.4, -0.2) is 17.4 Å². The third-order valence-electron chi connectivity index (χ3n) is 4.17. The predicted octanol–water partition coefficient (Wildman–Crippen LogP) is 4.75. The monoisotopic (exact) mass is 324 g/mol. The Morgan fingerprint density at radius 3 is 2.57 bits per heavy atom. The number of rotatable bonds is 3. The van der Waals surface area contributed by atoms with Crippen molar-refractivity contribution in [3.05, 3.63) is 34.6 Å². The molecule has 1 aromatic rings. The molecule has 118 valence electrons. The Kier molecular flexibility index (Phi) is 5.15. The second kappa shape index (κ2) is 6.53. The molecule has 1 saturated carbocycles. The van der Waals surface area contributed by atoms with Crippen LogP contribution in [0.15, 0.2) is 18.2 Å². The van der Waals surface area contributed by atoms with Gasteiger partial charge in [-0.1, -0.05) is 24.4 Å². The number of hydrogen-bond donors (Lipinski definition) is 1. The predicted molar refractivity (Wildman–Crippen MR) is 72.6 cm³/mol. The van der Waals surface area contributed by atoms with E-state index >= 15 is 0 Å². The summed E-state index contributed by atoms with van der Waals surface area (Å²) in [6.45, 7) is 0. The molecule has 3 atom stereocenters. The Morgan fingerprint density at radius 1 is 1.24 bits per heavy atom. The normalized spacial score (nSPS) is 24.9. The number of hydrogen-bond acceptors (Lipinski definition) is 1. The van der Waals surface area contributed by atoms with Crippen molar-refractivity contribution < 1.29 is 22.7 Å². The zero-order valence-electron chi connectivity index (χ0n) is 11.3. The minimum Gasteiger partial charge on any atom is -0.392 e. The van der Waals surface area contributed by atoms with Gasteiger partial charge in [0, 0.05) is 11.4 Å². The molecule has 0 aliphatic heterocycles. The molecule has 0 saturated heterocycles. The van der Waals surface area contributed by atoms with Crippen molar-refractivity contribution in [2.24, 2.45) is 11.8 Å². The largest absolute Gasteiger partial charge is 0.392 e. The first kappa shape index (κ1) is 16.6. The number of aliphatic hydroxyl groups is 1. The van der Waals surface area contributed by atoms with Crippen LogP contribution < -0.4 is 0 Å². The van der Waals surface area contributed by atoms with Gasteiger partial charge in [-0.2, -0.15) is 13.2 Å². The second-order valence-corrected chi connectivity index (χ2v) is 6.04. The number of aliphatic hydroxyl groups excluding tert-OH is 1. The van der Waals surface area contributed by atoms with Crippen LogP contribution in [0.1, 0.15) is 31.2 Å². The number of benzene rings is 1. The summed E-state index contributed by atoms with van der Waals surface area (Å²) in [5.41, 5.74) is 0.154. The smallest absolute Gasteiger partial charge is 0.392 e. The van der Waals surface area contributed by atoms with Crippen molar-refractivity contribution in [1.29, 1.82) is 0 Å². The van der Waals surface area contributed by atoms with Gasteiger partial charge in [0.05, 0.1) is 12.0 Å². The third-order valence-corrected chi connectivity index (χ3v) is 4.41. The number of halogens is 5. The molecule has 1 fully saturated rings. The molecule has 6 heteroatoms. The molecule has 1 aromatic carbocycles.